The summed E-state index contributed by atoms with van der Waals surface area (Å²) in [5.41, 5.74) is 2.49. The molecule has 20 heavy (non-hydrogen) atoms. The number of hydrogen-bond donors (Lipinski definition) is 0. The lowest BCUT2D eigenvalue weighted by atomic mass is 9.60. The first-order valence-corrected chi connectivity index (χ1v) is 7.42. The van der Waals surface area contributed by atoms with Crippen LogP contribution in [0.4, 0.5) is 0 Å². The van der Waals surface area contributed by atoms with Crippen molar-refractivity contribution in [2.45, 2.75) is 52.4 Å². The first kappa shape index (κ1) is 15.0. The molecule has 0 heterocycles. The molecule has 0 bridgehead atoms. The second kappa shape index (κ2) is 4.87. The molecule has 0 N–H and O–H groups in total. The number of allylic oxidation sites excluding steroid dienone is 1. The first-order chi connectivity index (χ1) is 9.24. The number of rotatable bonds is 2. The fourth-order valence-electron chi connectivity index (χ4n) is 4.27. The fraction of sp³-hybridized carbons (Fsp3) is 0.526. The molecule has 1 atom stereocenters. The van der Waals surface area contributed by atoms with Gasteiger partial charge in [-0.05, 0) is 41.2 Å². The number of aldehydes is 1. The van der Waals surface area contributed by atoms with Crippen molar-refractivity contribution >= 4 is 6.29 Å². The summed E-state index contributed by atoms with van der Waals surface area (Å²) in [4.78, 5) is 11.8. The van der Waals surface area contributed by atoms with E-state index in [4.69, 9.17) is 0 Å². The summed E-state index contributed by atoms with van der Waals surface area (Å²) in [7, 11) is 0. The third kappa shape index (κ3) is 2.72. The zero-order valence-corrected chi connectivity index (χ0v) is 13.2. The molecule has 1 unspecified atom stereocenters. The number of fused-ring (bicyclic) bond motifs is 1. The van der Waals surface area contributed by atoms with E-state index in [2.05, 4.69) is 58.5 Å². The fourth-order valence-corrected chi connectivity index (χ4v) is 4.27. The van der Waals surface area contributed by atoms with Gasteiger partial charge in [0.2, 0.25) is 0 Å². The van der Waals surface area contributed by atoms with Crippen LogP contribution in [0.5, 0.6) is 0 Å². The van der Waals surface area contributed by atoms with Crippen LogP contribution in [-0.2, 0) is 16.6 Å². The molecule has 0 fully saturated rings. The van der Waals surface area contributed by atoms with Crippen molar-refractivity contribution in [1.29, 1.82) is 0 Å². The van der Waals surface area contributed by atoms with Gasteiger partial charge in [-0.15, -0.1) is 6.58 Å². The highest BCUT2D eigenvalue weighted by molar-refractivity contribution is 5.64. The van der Waals surface area contributed by atoms with E-state index in [-0.39, 0.29) is 10.8 Å². The third-order valence-electron chi connectivity index (χ3n) is 4.64. The monoisotopic (exact) mass is 270 g/mol. The average molecular weight is 270 g/mol. The molecule has 1 heteroatoms. The lowest BCUT2D eigenvalue weighted by molar-refractivity contribution is -0.115. The maximum absolute atomic E-state index is 11.8. The molecule has 1 aromatic rings. The van der Waals surface area contributed by atoms with Crippen LogP contribution < -0.4 is 0 Å². The summed E-state index contributed by atoms with van der Waals surface area (Å²) >= 11 is 0. The van der Waals surface area contributed by atoms with Crippen LogP contribution in [0.25, 0.3) is 0 Å². The Morgan fingerprint density at radius 3 is 2.35 bits per heavy atom. The smallest absolute Gasteiger partial charge is 0.130 e. The predicted octanol–water partition coefficient (Wildman–Crippen LogP) is 4.70. The molecule has 0 aromatic heterocycles. The Hall–Kier alpha value is -1.37. The molecule has 0 saturated carbocycles. The summed E-state index contributed by atoms with van der Waals surface area (Å²) < 4.78 is 0. The largest absolute Gasteiger partial charge is 0.302 e. The molecule has 0 saturated heterocycles. The molecule has 0 aliphatic heterocycles. The number of hydrogen-bond acceptors (Lipinski definition) is 1. The number of carbonyl (C=O) groups is 1. The normalized spacial score (nSPS) is 27.8. The molecule has 1 nitrogen and oxygen atoms in total. The van der Waals surface area contributed by atoms with Gasteiger partial charge in [0.1, 0.15) is 6.29 Å². The first-order valence-electron chi connectivity index (χ1n) is 7.42. The van der Waals surface area contributed by atoms with Crippen LogP contribution in [0.2, 0.25) is 0 Å². The van der Waals surface area contributed by atoms with Gasteiger partial charge in [0.05, 0.1) is 0 Å². The molecule has 0 amide bonds. The highest BCUT2D eigenvalue weighted by Crippen LogP contribution is 2.48. The third-order valence-corrected chi connectivity index (χ3v) is 4.64. The minimum absolute atomic E-state index is 0.117. The van der Waals surface area contributed by atoms with Gasteiger partial charge < -0.3 is 4.79 Å². The van der Waals surface area contributed by atoms with E-state index in [1.165, 1.54) is 11.1 Å². The second-order valence-electron chi connectivity index (χ2n) is 7.79. The van der Waals surface area contributed by atoms with Crippen molar-refractivity contribution in [1.82, 2.24) is 0 Å². The second-order valence-corrected chi connectivity index (χ2v) is 7.79. The van der Waals surface area contributed by atoms with Crippen molar-refractivity contribution in [2.24, 2.45) is 10.8 Å². The predicted molar refractivity (Wildman–Crippen MR) is 84.9 cm³/mol. The van der Waals surface area contributed by atoms with Gasteiger partial charge in [0, 0.05) is 5.41 Å². The molecule has 1 aliphatic rings. The topological polar surface area (TPSA) is 17.1 Å². The van der Waals surface area contributed by atoms with Crippen LogP contribution in [0.15, 0.2) is 36.9 Å². The molecule has 1 aliphatic carbocycles. The van der Waals surface area contributed by atoms with Gasteiger partial charge in [0.15, 0.2) is 0 Å². The molecule has 0 spiro atoms. The Bertz CT molecular complexity index is 514. The van der Waals surface area contributed by atoms with E-state index in [0.717, 1.165) is 25.5 Å². The molecular formula is C19H26O. The van der Waals surface area contributed by atoms with Crippen LogP contribution in [0, 0.1) is 10.8 Å². The van der Waals surface area contributed by atoms with Gasteiger partial charge in [-0.2, -0.15) is 0 Å². The van der Waals surface area contributed by atoms with Crippen molar-refractivity contribution in [3.8, 4) is 0 Å². The zero-order valence-electron chi connectivity index (χ0n) is 13.2. The summed E-state index contributed by atoms with van der Waals surface area (Å²) in [5.74, 6) is 0. The maximum atomic E-state index is 11.8. The zero-order chi connectivity index (χ0) is 15.0. The van der Waals surface area contributed by atoms with Crippen molar-refractivity contribution in [3.05, 3.63) is 48.0 Å². The van der Waals surface area contributed by atoms with Gasteiger partial charge in [0.25, 0.3) is 0 Å². The van der Waals surface area contributed by atoms with Crippen molar-refractivity contribution in [3.63, 3.8) is 0 Å². The van der Waals surface area contributed by atoms with Crippen LogP contribution in [0.1, 0.15) is 51.7 Å². The van der Waals surface area contributed by atoms with Gasteiger partial charge in [-0.3, -0.25) is 0 Å². The Labute approximate surface area is 123 Å². The summed E-state index contributed by atoms with van der Waals surface area (Å²) in [5, 5.41) is 0. The molecular weight excluding hydrogens is 244 g/mol. The van der Waals surface area contributed by atoms with Crippen LogP contribution in [-0.4, -0.2) is 6.29 Å². The lowest BCUT2D eigenvalue weighted by Gasteiger charge is -2.44. The number of carbonyl (C=O) groups excluding carboxylic acids is 1. The Balaban J connectivity index is 2.61. The van der Waals surface area contributed by atoms with E-state index < -0.39 is 5.41 Å². The van der Waals surface area contributed by atoms with Crippen LogP contribution in [0.3, 0.4) is 0 Å². The quantitative estimate of drug-likeness (QED) is 0.562. The van der Waals surface area contributed by atoms with E-state index in [1.807, 2.05) is 6.08 Å². The molecule has 0 radical (unpaired) electrons. The standard InChI is InChI=1S/C19H26O/c1-6-19(14-20)11-15-9-7-8-10-16(15)18(4,5)12-17(2,3)13-19/h6-10,14H,1,11-13H2,2-5H3. The summed E-state index contributed by atoms with van der Waals surface area (Å²) in [6.07, 6.45) is 5.67. The van der Waals surface area contributed by atoms with Crippen molar-refractivity contribution < 1.29 is 4.79 Å². The molecule has 1 aromatic carbocycles. The van der Waals surface area contributed by atoms with E-state index in [1.54, 1.807) is 0 Å². The summed E-state index contributed by atoms with van der Waals surface area (Å²) in [6.45, 7) is 13.1. The Morgan fingerprint density at radius 1 is 1.10 bits per heavy atom. The highest BCUT2D eigenvalue weighted by Gasteiger charge is 2.41. The Morgan fingerprint density at radius 2 is 1.75 bits per heavy atom. The van der Waals surface area contributed by atoms with E-state index in [0.29, 0.717) is 0 Å². The van der Waals surface area contributed by atoms with E-state index >= 15 is 0 Å². The van der Waals surface area contributed by atoms with E-state index in [9.17, 15) is 4.79 Å². The van der Waals surface area contributed by atoms with Crippen molar-refractivity contribution in [2.75, 3.05) is 0 Å². The van der Waals surface area contributed by atoms with Crippen LogP contribution >= 0.6 is 0 Å². The minimum Gasteiger partial charge on any atom is -0.302 e. The molecule has 2 rings (SSSR count). The highest BCUT2D eigenvalue weighted by atomic mass is 16.1. The van der Waals surface area contributed by atoms with Gasteiger partial charge in [-0.25, -0.2) is 0 Å². The average Bonchev–Trinajstić information content (AvgIpc) is 2.35. The SMILES string of the molecule is C=CC1(C=O)Cc2ccccc2C(C)(C)CC(C)(C)C1. The maximum Gasteiger partial charge on any atom is 0.130 e. The Kier molecular flexibility index (Phi) is 3.66. The van der Waals surface area contributed by atoms with Gasteiger partial charge >= 0.3 is 0 Å². The summed E-state index contributed by atoms with van der Waals surface area (Å²) in [6, 6.07) is 8.55. The molecule has 108 valence electrons. The lowest BCUT2D eigenvalue weighted by Crippen LogP contribution is -2.38. The van der Waals surface area contributed by atoms with Gasteiger partial charge in [-0.1, -0.05) is 58.0 Å². The number of benzene rings is 1. The minimum atomic E-state index is -0.434.